The predicted octanol–water partition coefficient (Wildman–Crippen LogP) is 1.79. The van der Waals surface area contributed by atoms with Crippen molar-refractivity contribution < 1.29 is 9.53 Å². The molecule has 0 unspecified atom stereocenters. The topological polar surface area (TPSA) is 29.5 Å². The zero-order chi connectivity index (χ0) is 8.81. The lowest BCUT2D eigenvalue weighted by Crippen LogP contribution is -2.28. The van der Waals surface area contributed by atoms with Gasteiger partial charge in [-0.25, -0.2) is 4.79 Å². The Morgan fingerprint density at radius 3 is 2.75 bits per heavy atom. The van der Waals surface area contributed by atoms with Crippen molar-refractivity contribution in [2.24, 2.45) is 0 Å². The van der Waals surface area contributed by atoms with E-state index in [0.717, 1.165) is 32.4 Å². The molecule has 0 aromatic carbocycles. The van der Waals surface area contributed by atoms with Crippen LogP contribution in [-0.2, 0) is 4.74 Å². The lowest BCUT2D eigenvalue weighted by molar-refractivity contribution is 0.112. The Kier molecular flexibility index (Phi) is 3.64. The molecular formula is C9H15NO2. The second-order valence-corrected chi connectivity index (χ2v) is 2.89. The van der Waals surface area contributed by atoms with E-state index < -0.39 is 0 Å². The van der Waals surface area contributed by atoms with Gasteiger partial charge in [-0.2, -0.15) is 0 Å². The maximum atomic E-state index is 11.2. The van der Waals surface area contributed by atoms with E-state index in [4.69, 9.17) is 4.74 Å². The first-order valence-electron chi connectivity index (χ1n) is 4.37. The third kappa shape index (κ3) is 2.57. The summed E-state index contributed by atoms with van der Waals surface area (Å²) < 4.78 is 4.98. The van der Waals surface area contributed by atoms with Gasteiger partial charge in [0.1, 0.15) is 0 Å². The number of carbonyl (C=O) groups excluding carboxylic acids is 1. The molecular weight excluding hydrogens is 154 g/mol. The number of hydrogen-bond acceptors (Lipinski definition) is 2. The molecule has 68 valence electrons. The first kappa shape index (κ1) is 9.10. The lowest BCUT2D eigenvalue weighted by atomic mass is 10.4. The molecule has 0 spiro atoms. The Morgan fingerprint density at radius 1 is 1.50 bits per heavy atom. The van der Waals surface area contributed by atoms with Crippen molar-refractivity contribution in [1.29, 1.82) is 0 Å². The molecule has 0 aromatic heterocycles. The Hall–Kier alpha value is -0.990. The molecule has 1 aliphatic rings. The second kappa shape index (κ2) is 4.80. The Morgan fingerprint density at radius 2 is 2.17 bits per heavy atom. The number of ether oxygens (including phenoxy) is 1. The maximum Gasteiger partial charge on any atom is 0.409 e. The fourth-order valence-electron chi connectivity index (χ4n) is 1.22. The monoisotopic (exact) mass is 169 g/mol. The van der Waals surface area contributed by atoms with Gasteiger partial charge in [0.05, 0.1) is 6.61 Å². The van der Waals surface area contributed by atoms with E-state index in [1.54, 1.807) is 11.0 Å². The van der Waals surface area contributed by atoms with Gasteiger partial charge in [-0.3, -0.25) is 0 Å². The van der Waals surface area contributed by atoms with Crippen LogP contribution in [0.25, 0.3) is 0 Å². The number of hydrogen-bond donors (Lipinski definition) is 0. The summed E-state index contributed by atoms with van der Waals surface area (Å²) in [5.41, 5.74) is 0. The highest BCUT2D eigenvalue weighted by Gasteiger charge is 2.18. The molecule has 12 heavy (non-hydrogen) atoms. The number of amides is 1. The molecule has 1 rings (SSSR count). The zero-order valence-electron chi connectivity index (χ0n) is 7.29. The van der Waals surface area contributed by atoms with Gasteiger partial charge >= 0.3 is 6.09 Å². The number of carbonyl (C=O) groups is 1. The average molecular weight is 169 g/mol. The van der Waals surface area contributed by atoms with E-state index in [2.05, 4.69) is 6.58 Å². The third-order valence-corrected chi connectivity index (χ3v) is 1.91. The van der Waals surface area contributed by atoms with Crippen LogP contribution in [0.15, 0.2) is 12.7 Å². The largest absolute Gasteiger partial charge is 0.449 e. The number of rotatable bonds is 3. The van der Waals surface area contributed by atoms with Gasteiger partial charge in [0.25, 0.3) is 0 Å². The first-order chi connectivity index (χ1) is 5.84. The van der Waals surface area contributed by atoms with Crippen LogP contribution in [-0.4, -0.2) is 30.7 Å². The zero-order valence-corrected chi connectivity index (χ0v) is 7.29. The summed E-state index contributed by atoms with van der Waals surface area (Å²) in [6.07, 6.45) is 4.53. The van der Waals surface area contributed by atoms with Crippen LogP contribution < -0.4 is 0 Å². The molecule has 1 aliphatic heterocycles. The van der Waals surface area contributed by atoms with Gasteiger partial charge in [0.15, 0.2) is 0 Å². The summed E-state index contributed by atoms with van der Waals surface area (Å²) in [4.78, 5) is 12.9. The normalized spacial score (nSPS) is 16.2. The van der Waals surface area contributed by atoms with Crippen molar-refractivity contribution in [2.75, 3.05) is 19.7 Å². The van der Waals surface area contributed by atoms with Gasteiger partial charge in [0, 0.05) is 13.1 Å². The van der Waals surface area contributed by atoms with Crippen molar-refractivity contribution in [2.45, 2.75) is 19.3 Å². The summed E-state index contributed by atoms with van der Waals surface area (Å²) in [6, 6.07) is 0. The van der Waals surface area contributed by atoms with Crippen LogP contribution in [0.4, 0.5) is 4.79 Å². The van der Waals surface area contributed by atoms with Gasteiger partial charge < -0.3 is 9.64 Å². The average Bonchev–Trinajstić information content (AvgIpc) is 2.56. The van der Waals surface area contributed by atoms with Gasteiger partial charge in [-0.1, -0.05) is 6.08 Å². The fraction of sp³-hybridized carbons (Fsp3) is 0.667. The SMILES string of the molecule is C=CCCOC(=O)N1CCCC1. The molecule has 0 bridgehead atoms. The number of likely N-dealkylation sites (tertiary alicyclic amines) is 1. The minimum atomic E-state index is -0.172. The van der Waals surface area contributed by atoms with Gasteiger partial charge in [-0.05, 0) is 19.3 Å². The standard InChI is InChI=1S/C9H15NO2/c1-2-3-8-12-9(11)10-6-4-5-7-10/h2H,1,3-8H2. The molecule has 1 heterocycles. The third-order valence-electron chi connectivity index (χ3n) is 1.91. The van der Waals surface area contributed by atoms with Gasteiger partial charge in [0.2, 0.25) is 0 Å². The van der Waals surface area contributed by atoms with E-state index in [9.17, 15) is 4.79 Å². The molecule has 0 saturated carbocycles. The van der Waals surface area contributed by atoms with Crippen LogP contribution in [0.3, 0.4) is 0 Å². The highest BCUT2D eigenvalue weighted by atomic mass is 16.6. The van der Waals surface area contributed by atoms with Crippen molar-refractivity contribution in [3.8, 4) is 0 Å². The van der Waals surface area contributed by atoms with E-state index in [0.29, 0.717) is 6.61 Å². The summed E-state index contributed by atoms with van der Waals surface area (Å²) in [5.74, 6) is 0. The molecule has 0 atom stereocenters. The van der Waals surface area contributed by atoms with Crippen molar-refractivity contribution in [3.05, 3.63) is 12.7 Å². The highest BCUT2D eigenvalue weighted by molar-refractivity contribution is 5.67. The Bertz CT molecular complexity index is 162. The van der Waals surface area contributed by atoms with Crippen LogP contribution >= 0.6 is 0 Å². The molecule has 0 N–H and O–H groups in total. The molecule has 0 aliphatic carbocycles. The molecule has 3 heteroatoms. The lowest BCUT2D eigenvalue weighted by Gasteiger charge is -2.14. The van der Waals surface area contributed by atoms with Crippen molar-refractivity contribution in [3.63, 3.8) is 0 Å². The van der Waals surface area contributed by atoms with E-state index >= 15 is 0 Å². The summed E-state index contributed by atoms with van der Waals surface area (Å²) in [7, 11) is 0. The van der Waals surface area contributed by atoms with Crippen LogP contribution in [0, 0.1) is 0 Å². The summed E-state index contributed by atoms with van der Waals surface area (Å²) >= 11 is 0. The minimum Gasteiger partial charge on any atom is -0.449 e. The van der Waals surface area contributed by atoms with Crippen molar-refractivity contribution >= 4 is 6.09 Å². The Labute approximate surface area is 73.0 Å². The minimum absolute atomic E-state index is 0.172. The maximum absolute atomic E-state index is 11.2. The molecule has 1 saturated heterocycles. The fourth-order valence-corrected chi connectivity index (χ4v) is 1.22. The Balaban J connectivity index is 2.14. The molecule has 1 fully saturated rings. The van der Waals surface area contributed by atoms with E-state index in [1.165, 1.54) is 0 Å². The predicted molar refractivity (Wildman–Crippen MR) is 47.0 cm³/mol. The first-order valence-corrected chi connectivity index (χ1v) is 4.37. The molecule has 1 amide bonds. The molecule has 0 radical (unpaired) electrons. The molecule has 0 aromatic rings. The molecule has 3 nitrogen and oxygen atoms in total. The quantitative estimate of drug-likeness (QED) is 0.476. The number of nitrogens with zero attached hydrogens (tertiary/aromatic N) is 1. The van der Waals surface area contributed by atoms with Crippen LogP contribution in [0.2, 0.25) is 0 Å². The van der Waals surface area contributed by atoms with E-state index in [1.807, 2.05) is 0 Å². The van der Waals surface area contributed by atoms with Gasteiger partial charge in [-0.15, -0.1) is 6.58 Å². The van der Waals surface area contributed by atoms with E-state index in [-0.39, 0.29) is 6.09 Å². The smallest absolute Gasteiger partial charge is 0.409 e. The summed E-state index contributed by atoms with van der Waals surface area (Å²) in [6.45, 7) is 5.72. The van der Waals surface area contributed by atoms with Crippen LogP contribution in [0.1, 0.15) is 19.3 Å². The highest BCUT2D eigenvalue weighted by Crippen LogP contribution is 2.08. The summed E-state index contributed by atoms with van der Waals surface area (Å²) in [5, 5.41) is 0. The van der Waals surface area contributed by atoms with Crippen LogP contribution in [0.5, 0.6) is 0 Å². The van der Waals surface area contributed by atoms with Crippen molar-refractivity contribution in [1.82, 2.24) is 4.90 Å². The second-order valence-electron chi connectivity index (χ2n) is 2.89.